The number of nitrogens with zero attached hydrogens (tertiary/aromatic N) is 3. The zero-order chi connectivity index (χ0) is 37.7. The van der Waals surface area contributed by atoms with Crippen molar-refractivity contribution < 1.29 is 4.42 Å². The fourth-order valence-electron chi connectivity index (χ4n) is 12.8. The molecule has 4 saturated carbocycles. The van der Waals surface area contributed by atoms with Gasteiger partial charge in [0, 0.05) is 47.5 Å². The van der Waals surface area contributed by atoms with Crippen molar-refractivity contribution in [3.05, 3.63) is 151 Å². The molecule has 0 unspecified atom stereocenters. The highest BCUT2D eigenvalue weighted by Crippen LogP contribution is 2.71. The minimum absolute atomic E-state index is 0.0503. The Labute approximate surface area is 339 Å². The molecule has 0 amide bonds. The third-order valence-electron chi connectivity index (χ3n) is 14.7. The van der Waals surface area contributed by atoms with Gasteiger partial charge in [-0.15, -0.1) is 11.3 Å². The first-order valence-corrected chi connectivity index (χ1v) is 21.8. The van der Waals surface area contributed by atoms with E-state index in [1.807, 2.05) is 41.7 Å². The highest BCUT2D eigenvalue weighted by Gasteiger charge is 2.62. The highest BCUT2D eigenvalue weighted by molar-refractivity contribution is 7.26. The second-order valence-corrected chi connectivity index (χ2v) is 18.5. The fourth-order valence-corrected chi connectivity index (χ4v) is 14.1. The van der Waals surface area contributed by atoms with E-state index in [-0.39, 0.29) is 5.41 Å². The number of hydrogen-bond donors (Lipinski definition) is 0. The molecule has 1 spiro atoms. The molecule has 0 atom stereocenters. The number of thiophene rings is 1. The summed E-state index contributed by atoms with van der Waals surface area (Å²) in [6.45, 7) is 0. The van der Waals surface area contributed by atoms with Crippen LogP contribution in [-0.2, 0) is 5.41 Å². The van der Waals surface area contributed by atoms with Gasteiger partial charge in [-0.05, 0) is 113 Å². The standard InChI is InChI=1S/C53H37N3OS/c1-2-11-31(12-3-1)50-54-51(56-52(55-50)40-17-10-16-37-35-13-5-8-19-43(35)57-48(37)40)32-21-22-36-41(28-32)45-38-14-4-7-18-42(38)53(33-24-29-23-30(26-33)27-34(53)25-29)47(45)49-46(36)39-15-6-9-20-44(39)58-49/h1-22,28-30,33-34H,23-27H2. The maximum atomic E-state index is 6.53. The molecule has 0 aliphatic heterocycles. The van der Waals surface area contributed by atoms with Crippen molar-refractivity contribution in [2.75, 3.05) is 0 Å². The van der Waals surface area contributed by atoms with Crippen LogP contribution in [0.15, 0.2) is 144 Å². The molecule has 3 heterocycles. The van der Waals surface area contributed by atoms with Gasteiger partial charge in [0.1, 0.15) is 11.2 Å². The second-order valence-electron chi connectivity index (χ2n) is 17.5. The van der Waals surface area contributed by atoms with Gasteiger partial charge in [0.15, 0.2) is 17.5 Å². The average Bonchev–Trinajstić information content (AvgIpc) is 3.94. The van der Waals surface area contributed by atoms with E-state index in [1.54, 1.807) is 11.1 Å². The monoisotopic (exact) mass is 763 g/mol. The van der Waals surface area contributed by atoms with Crippen molar-refractivity contribution in [2.45, 2.75) is 37.5 Å². The molecule has 5 aliphatic carbocycles. The van der Waals surface area contributed by atoms with Crippen LogP contribution in [0.2, 0.25) is 0 Å². The molecule has 5 aliphatic rings. The number of fused-ring (bicyclic) bond motifs is 13. The van der Waals surface area contributed by atoms with Crippen LogP contribution in [0.25, 0.3) is 98.2 Å². The minimum atomic E-state index is 0.0503. The van der Waals surface area contributed by atoms with Crippen molar-refractivity contribution in [1.29, 1.82) is 0 Å². The number of furan rings is 1. The average molecular weight is 764 g/mol. The molecular weight excluding hydrogens is 727 g/mol. The zero-order valence-electron chi connectivity index (χ0n) is 31.8. The Kier molecular flexibility index (Phi) is 6.31. The van der Waals surface area contributed by atoms with E-state index in [1.165, 1.54) is 74.2 Å². The summed E-state index contributed by atoms with van der Waals surface area (Å²) < 4.78 is 9.42. The molecule has 4 fully saturated rings. The van der Waals surface area contributed by atoms with E-state index in [4.69, 9.17) is 19.4 Å². The summed E-state index contributed by atoms with van der Waals surface area (Å²) in [6, 6.07) is 50.5. The lowest BCUT2D eigenvalue weighted by Crippen LogP contribution is -2.55. The quantitative estimate of drug-likeness (QED) is 0.180. The van der Waals surface area contributed by atoms with Crippen LogP contribution in [0.3, 0.4) is 0 Å². The van der Waals surface area contributed by atoms with E-state index < -0.39 is 0 Å². The van der Waals surface area contributed by atoms with E-state index in [9.17, 15) is 0 Å². The first-order valence-electron chi connectivity index (χ1n) is 20.9. The first-order chi connectivity index (χ1) is 28.7. The number of aromatic nitrogens is 3. The number of rotatable bonds is 3. The molecule has 58 heavy (non-hydrogen) atoms. The Morgan fingerprint density at radius 1 is 0.517 bits per heavy atom. The largest absolute Gasteiger partial charge is 0.455 e. The summed E-state index contributed by atoms with van der Waals surface area (Å²) in [5, 5.41) is 7.55. The Balaban J connectivity index is 1.07. The van der Waals surface area contributed by atoms with Crippen LogP contribution in [0.5, 0.6) is 0 Å². The molecule has 15 rings (SSSR count). The number of benzene rings is 7. The zero-order valence-corrected chi connectivity index (χ0v) is 32.6. The summed E-state index contributed by atoms with van der Waals surface area (Å²) >= 11 is 2.03. The van der Waals surface area contributed by atoms with Gasteiger partial charge in [0.05, 0.1) is 5.56 Å². The lowest BCUT2D eigenvalue weighted by atomic mass is 9.43. The molecule has 5 heteroatoms. The van der Waals surface area contributed by atoms with E-state index >= 15 is 0 Å². The molecule has 10 aromatic rings. The Bertz CT molecular complexity index is 3350. The Morgan fingerprint density at radius 3 is 2.03 bits per heavy atom. The predicted octanol–water partition coefficient (Wildman–Crippen LogP) is 14.0. The van der Waals surface area contributed by atoms with Crippen molar-refractivity contribution in [1.82, 2.24) is 15.0 Å². The molecule has 3 aromatic heterocycles. The summed E-state index contributed by atoms with van der Waals surface area (Å²) in [4.78, 5) is 15.7. The fraction of sp³-hybridized carbons (Fsp3) is 0.189. The third-order valence-corrected chi connectivity index (χ3v) is 15.9. The van der Waals surface area contributed by atoms with Crippen molar-refractivity contribution >= 4 is 64.2 Å². The lowest BCUT2D eigenvalue weighted by Gasteiger charge is -2.61. The Hall–Kier alpha value is -6.17. The number of para-hydroxylation sites is 2. The van der Waals surface area contributed by atoms with Gasteiger partial charge in [0.2, 0.25) is 0 Å². The van der Waals surface area contributed by atoms with Crippen LogP contribution in [0, 0.1) is 23.7 Å². The first kappa shape index (κ1) is 31.9. The third kappa shape index (κ3) is 4.12. The molecule has 276 valence electrons. The van der Waals surface area contributed by atoms with E-state index in [2.05, 4.69) is 109 Å². The van der Waals surface area contributed by atoms with Gasteiger partial charge >= 0.3 is 0 Å². The van der Waals surface area contributed by atoms with Gasteiger partial charge in [0.25, 0.3) is 0 Å². The van der Waals surface area contributed by atoms with E-state index in [0.717, 1.165) is 50.5 Å². The molecule has 7 aromatic carbocycles. The molecule has 4 nitrogen and oxygen atoms in total. The van der Waals surface area contributed by atoms with Crippen molar-refractivity contribution in [3.63, 3.8) is 0 Å². The smallest absolute Gasteiger partial charge is 0.167 e. The molecular formula is C53H37N3OS. The van der Waals surface area contributed by atoms with Crippen LogP contribution in [0.4, 0.5) is 0 Å². The maximum absolute atomic E-state index is 6.53. The summed E-state index contributed by atoms with van der Waals surface area (Å²) in [5.74, 6) is 5.06. The molecule has 0 saturated heterocycles. The van der Waals surface area contributed by atoms with Crippen LogP contribution in [-0.4, -0.2) is 15.0 Å². The van der Waals surface area contributed by atoms with Crippen LogP contribution >= 0.6 is 11.3 Å². The van der Waals surface area contributed by atoms with Crippen molar-refractivity contribution in [3.8, 4) is 45.3 Å². The Morgan fingerprint density at radius 2 is 1.19 bits per heavy atom. The predicted molar refractivity (Wildman–Crippen MR) is 237 cm³/mol. The van der Waals surface area contributed by atoms with Gasteiger partial charge in [-0.25, -0.2) is 15.0 Å². The summed E-state index contributed by atoms with van der Waals surface area (Å²) in [5.41, 5.74) is 10.6. The van der Waals surface area contributed by atoms with Crippen LogP contribution in [0.1, 0.15) is 43.2 Å². The van der Waals surface area contributed by atoms with Gasteiger partial charge in [-0.3, -0.25) is 0 Å². The second kappa shape index (κ2) is 11.5. The van der Waals surface area contributed by atoms with Crippen LogP contribution < -0.4 is 0 Å². The van der Waals surface area contributed by atoms with Crippen molar-refractivity contribution in [2.24, 2.45) is 23.7 Å². The SMILES string of the molecule is c1ccc(-c2nc(-c3ccc4c(c3)c3c(c5sc6ccccc6c54)C4(c5ccccc5-3)C3CC5CC(C3)CC4C5)nc(-c3cccc4c3oc3ccccc34)n2)cc1. The molecule has 0 radical (unpaired) electrons. The normalized spacial score (nSPS) is 22.9. The highest BCUT2D eigenvalue weighted by atomic mass is 32.1. The lowest BCUT2D eigenvalue weighted by molar-refractivity contribution is -0.0392. The van der Waals surface area contributed by atoms with Gasteiger partial charge < -0.3 is 4.42 Å². The summed E-state index contributed by atoms with van der Waals surface area (Å²) in [6.07, 6.45) is 6.89. The number of hydrogen-bond acceptors (Lipinski definition) is 5. The van der Waals surface area contributed by atoms with Gasteiger partial charge in [-0.2, -0.15) is 0 Å². The minimum Gasteiger partial charge on any atom is -0.455 e. The maximum Gasteiger partial charge on any atom is 0.167 e. The van der Waals surface area contributed by atoms with Gasteiger partial charge in [-0.1, -0.05) is 115 Å². The van der Waals surface area contributed by atoms with E-state index in [0.29, 0.717) is 29.3 Å². The topological polar surface area (TPSA) is 51.8 Å². The summed E-state index contributed by atoms with van der Waals surface area (Å²) in [7, 11) is 0. The molecule has 4 bridgehead atoms. The molecule has 0 N–H and O–H groups in total.